The molecule has 1 aromatic rings. The Morgan fingerprint density at radius 1 is 1.42 bits per heavy atom. The lowest BCUT2D eigenvalue weighted by Gasteiger charge is -2.16. The van der Waals surface area contributed by atoms with Crippen LogP contribution in [0.5, 0.6) is 0 Å². The first-order valence-electron chi connectivity index (χ1n) is 6.41. The third kappa shape index (κ3) is 5.11. The molecule has 0 saturated heterocycles. The highest BCUT2D eigenvalue weighted by Gasteiger charge is 2.13. The van der Waals surface area contributed by atoms with Gasteiger partial charge in [0.05, 0.1) is 6.61 Å². The zero-order chi connectivity index (χ0) is 14.3. The molecule has 1 rings (SSSR count). The summed E-state index contributed by atoms with van der Waals surface area (Å²) >= 11 is 0. The van der Waals surface area contributed by atoms with Crippen LogP contribution in [0.2, 0.25) is 0 Å². The average molecular weight is 260 g/mol. The van der Waals surface area contributed by atoms with E-state index >= 15 is 0 Å². The van der Waals surface area contributed by atoms with Crippen molar-refractivity contribution in [3.63, 3.8) is 0 Å². The molecule has 0 fully saturated rings. The number of hydrogen-bond acceptors (Lipinski definition) is 3. The summed E-state index contributed by atoms with van der Waals surface area (Å²) in [5, 5.41) is 11.5. The van der Waals surface area contributed by atoms with E-state index in [9.17, 15) is 4.79 Å². The smallest absolute Gasteiger partial charge is 0.270 e. The quantitative estimate of drug-likeness (QED) is 0.808. The van der Waals surface area contributed by atoms with Gasteiger partial charge in [0.15, 0.2) is 0 Å². The molecule has 0 spiro atoms. The van der Waals surface area contributed by atoms with Crippen molar-refractivity contribution >= 4 is 5.91 Å². The molecule has 0 bridgehead atoms. The van der Waals surface area contributed by atoms with E-state index in [1.807, 2.05) is 6.92 Å². The van der Waals surface area contributed by atoms with Crippen LogP contribution in [0.15, 0.2) is 18.3 Å². The Morgan fingerprint density at radius 3 is 2.68 bits per heavy atom. The van der Waals surface area contributed by atoms with Crippen LogP contribution < -0.4 is 5.32 Å². The second kappa shape index (κ2) is 7.55. The molecule has 0 aromatic carbocycles. The van der Waals surface area contributed by atoms with Crippen LogP contribution in [0.4, 0.5) is 0 Å². The van der Waals surface area contributed by atoms with Crippen molar-refractivity contribution in [1.29, 1.82) is 0 Å². The Balaban J connectivity index is 2.66. The van der Waals surface area contributed by atoms with Crippen molar-refractivity contribution < 1.29 is 9.90 Å². The van der Waals surface area contributed by atoms with Crippen LogP contribution in [-0.2, 0) is 0 Å². The van der Waals surface area contributed by atoms with E-state index in [1.165, 1.54) is 0 Å². The van der Waals surface area contributed by atoms with E-state index in [2.05, 4.69) is 36.0 Å². The fourth-order valence-electron chi connectivity index (χ4n) is 1.27. The molecule has 4 heteroatoms. The lowest BCUT2D eigenvalue weighted by molar-refractivity contribution is 0.0925. The Labute approximate surface area is 114 Å². The lowest BCUT2D eigenvalue weighted by Crippen LogP contribution is -2.36. The maximum atomic E-state index is 11.9. The molecule has 0 aliphatic heterocycles. The summed E-state index contributed by atoms with van der Waals surface area (Å²) in [4.78, 5) is 16.0. The Morgan fingerprint density at radius 2 is 2.16 bits per heavy atom. The molecule has 0 aliphatic carbocycles. The molecule has 2 N–H and O–H groups in total. The summed E-state index contributed by atoms with van der Waals surface area (Å²) in [5.41, 5.74) is 1.13. The number of amides is 1. The van der Waals surface area contributed by atoms with Crippen LogP contribution in [0.25, 0.3) is 0 Å². The van der Waals surface area contributed by atoms with E-state index in [0.717, 1.165) is 5.56 Å². The van der Waals surface area contributed by atoms with Gasteiger partial charge in [-0.1, -0.05) is 25.7 Å². The number of carbonyl (C=O) groups is 1. The lowest BCUT2D eigenvalue weighted by atomic mass is 10.1. The zero-order valence-corrected chi connectivity index (χ0v) is 11.6. The standard InChI is InChI=1S/C15H20N2O2/c1-11(2)12(3)17-15(19)14-8-7-13(10-16-14)6-4-5-9-18/h7-8,10-12,18H,5,9H2,1-3H3,(H,17,19). The largest absolute Gasteiger partial charge is 0.395 e. The summed E-state index contributed by atoms with van der Waals surface area (Å²) < 4.78 is 0. The predicted molar refractivity (Wildman–Crippen MR) is 74.6 cm³/mol. The fraction of sp³-hybridized carbons (Fsp3) is 0.467. The van der Waals surface area contributed by atoms with Crippen LogP contribution in [0.3, 0.4) is 0 Å². The number of rotatable bonds is 4. The SMILES string of the molecule is CC(C)C(C)NC(=O)c1ccc(C#CCCO)cn1. The van der Waals surface area contributed by atoms with Gasteiger partial charge in [-0.05, 0) is 25.0 Å². The van der Waals surface area contributed by atoms with Gasteiger partial charge in [-0.15, -0.1) is 0 Å². The van der Waals surface area contributed by atoms with Gasteiger partial charge in [-0.3, -0.25) is 4.79 Å². The monoisotopic (exact) mass is 260 g/mol. The number of aliphatic hydroxyl groups excluding tert-OH is 1. The summed E-state index contributed by atoms with van der Waals surface area (Å²) in [5.74, 6) is 5.88. The maximum absolute atomic E-state index is 11.9. The van der Waals surface area contributed by atoms with E-state index in [4.69, 9.17) is 5.11 Å². The first-order chi connectivity index (χ1) is 9.04. The molecule has 1 aromatic heterocycles. The molecule has 1 heterocycles. The van der Waals surface area contributed by atoms with E-state index < -0.39 is 0 Å². The van der Waals surface area contributed by atoms with Gasteiger partial charge in [-0.2, -0.15) is 0 Å². The summed E-state index contributed by atoms with van der Waals surface area (Å²) in [7, 11) is 0. The molecular weight excluding hydrogens is 240 g/mol. The van der Waals surface area contributed by atoms with Gasteiger partial charge in [-0.25, -0.2) is 4.98 Å². The van der Waals surface area contributed by atoms with Gasteiger partial charge >= 0.3 is 0 Å². The zero-order valence-electron chi connectivity index (χ0n) is 11.6. The number of aliphatic hydroxyl groups is 1. The minimum absolute atomic E-state index is 0.0496. The molecule has 0 radical (unpaired) electrons. The second-order valence-corrected chi connectivity index (χ2v) is 4.71. The van der Waals surface area contributed by atoms with Gasteiger partial charge in [0.1, 0.15) is 5.69 Å². The van der Waals surface area contributed by atoms with Crippen molar-refractivity contribution in [3.05, 3.63) is 29.6 Å². The maximum Gasteiger partial charge on any atom is 0.270 e. The third-order valence-corrected chi connectivity index (χ3v) is 2.82. The molecule has 102 valence electrons. The normalized spacial score (nSPS) is 11.6. The van der Waals surface area contributed by atoms with E-state index in [1.54, 1.807) is 18.3 Å². The predicted octanol–water partition coefficient (Wildman–Crippen LogP) is 1.59. The third-order valence-electron chi connectivity index (χ3n) is 2.82. The second-order valence-electron chi connectivity index (χ2n) is 4.71. The first kappa shape index (κ1) is 15.2. The number of nitrogens with one attached hydrogen (secondary N) is 1. The van der Waals surface area contributed by atoms with Crippen LogP contribution in [0, 0.1) is 17.8 Å². The average Bonchev–Trinajstić information content (AvgIpc) is 2.39. The van der Waals surface area contributed by atoms with Crippen LogP contribution in [0.1, 0.15) is 43.2 Å². The highest BCUT2D eigenvalue weighted by Crippen LogP contribution is 2.03. The summed E-state index contributed by atoms with van der Waals surface area (Å²) in [6.07, 6.45) is 2.01. The van der Waals surface area contributed by atoms with Crippen molar-refractivity contribution in [2.24, 2.45) is 5.92 Å². The highest BCUT2D eigenvalue weighted by atomic mass is 16.2. The molecule has 0 saturated carbocycles. The van der Waals surface area contributed by atoms with Gasteiger partial charge in [0, 0.05) is 24.2 Å². The van der Waals surface area contributed by atoms with Gasteiger partial charge in [0.25, 0.3) is 5.91 Å². The number of carbonyl (C=O) groups excluding carboxylic acids is 1. The molecular formula is C15H20N2O2. The summed E-state index contributed by atoms with van der Waals surface area (Å²) in [6, 6.07) is 3.52. The van der Waals surface area contributed by atoms with Crippen molar-refractivity contribution in [2.45, 2.75) is 33.2 Å². The fourth-order valence-corrected chi connectivity index (χ4v) is 1.27. The van der Waals surface area contributed by atoms with Gasteiger partial charge < -0.3 is 10.4 Å². The van der Waals surface area contributed by atoms with E-state index in [0.29, 0.717) is 18.0 Å². The molecule has 4 nitrogen and oxygen atoms in total. The Kier molecular flexibility index (Phi) is 6.04. The molecule has 19 heavy (non-hydrogen) atoms. The van der Waals surface area contributed by atoms with Crippen LogP contribution in [-0.4, -0.2) is 28.6 Å². The number of aromatic nitrogens is 1. The minimum Gasteiger partial charge on any atom is -0.395 e. The Bertz CT molecular complexity index is 469. The topological polar surface area (TPSA) is 62.2 Å². The molecule has 1 atom stereocenters. The minimum atomic E-state index is -0.170. The summed E-state index contributed by atoms with van der Waals surface area (Å²) in [6.45, 7) is 6.13. The number of pyridine rings is 1. The Hall–Kier alpha value is -1.86. The van der Waals surface area contributed by atoms with Gasteiger partial charge in [0.2, 0.25) is 0 Å². The van der Waals surface area contributed by atoms with Crippen molar-refractivity contribution in [2.75, 3.05) is 6.61 Å². The van der Waals surface area contributed by atoms with Crippen LogP contribution >= 0.6 is 0 Å². The highest BCUT2D eigenvalue weighted by molar-refractivity contribution is 5.92. The number of hydrogen-bond donors (Lipinski definition) is 2. The molecule has 1 amide bonds. The van der Waals surface area contributed by atoms with E-state index in [-0.39, 0.29) is 18.6 Å². The number of nitrogens with zero attached hydrogens (tertiary/aromatic N) is 1. The van der Waals surface area contributed by atoms with Crippen molar-refractivity contribution in [1.82, 2.24) is 10.3 Å². The first-order valence-corrected chi connectivity index (χ1v) is 6.41. The van der Waals surface area contributed by atoms with Crippen molar-refractivity contribution in [3.8, 4) is 11.8 Å². The molecule has 1 unspecified atom stereocenters. The molecule has 0 aliphatic rings.